The van der Waals surface area contributed by atoms with Crippen LogP contribution in [0.2, 0.25) is 0 Å². The van der Waals surface area contributed by atoms with Crippen molar-refractivity contribution in [2.45, 2.75) is 26.3 Å². The second-order valence-electron chi connectivity index (χ2n) is 4.34. The fourth-order valence-corrected chi connectivity index (χ4v) is 3.46. The van der Waals surface area contributed by atoms with Crippen molar-refractivity contribution in [3.05, 3.63) is 22.4 Å². The first kappa shape index (κ1) is 15.6. The smallest absolute Gasteiger partial charge is 0.211 e. The molecule has 0 aliphatic rings. The summed E-state index contributed by atoms with van der Waals surface area (Å²) in [5.74, 6) is 0. The fourth-order valence-electron chi connectivity index (χ4n) is 1.77. The van der Waals surface area contributed by atoms with Crippen LogP contribution in [0.15, 0.2) is 16.8 Å². The molecule has 0 spiro atoms. The van der Waals surface area contributed by atoms with Gasteiger partial charge < -0.3 is 5.32 Å². The molecule has 0 saturated heterocycles. The predicted octanol–water partition coefficient (Wildman–Crippen LogP) is 2.07. The van der Waals surface area contributed by atoms with Crippen molar-refractivity contribution in [1.82, 2.24) is 9.62 Å². The Hall–Kier alpha value is -0.430. The third kappa shape index (κ3) is 5.06. The van der Waals surface area contributed by atoms with Crippen molar-refractivity contribution in [3.63, 3.8) is 0 Å². The van der Waals surface area contributed by atoms with E-state index in [1.807, 2.05) is 6.92 Å². The maximum atomic E-state index is 11.4. The Bertz CT molecular complexity index is 429. The Labute approximate surface area is 114 Å². The molecular weight excluding hydrogens is 268 g/mol. The lowest BCUT2D eigenvalue weighted by molar-refractivity contribution is 0.413. The maximum absolute atomic E-state index is 11.4. The van der Waals surface area contributed by atoms with Gasteiger partial charge in [-0.3, -0.25) is 0 Å². The predicted molar refractivity (Wildman–Crippen MR) is 77.4 cm³/mol. The molecule has 0 aliphatic heterocycles. The molecule has 6 heteroatoms. The first-order chi connectivity index (χ1) is 8.45. The molecule has 104 valence electrons. The number of nitrogens with zero attached hydrogens (tertiary/aromatic N) is 1. The molecule has 18 heavy (non-hydrogen) atoms. The van der Waals surface area contributed by atoms with Gasteiger partial charge in [0, 0.05) is 19.1 Å². The van der Waals surface area contributed by atoms with E-state index in [1.54, 1.807) is 11.3 Å². The molecule has 0 aromatic carbocycles. The third-order valence-corrected chi connectivity index (χ3v) is 4.98. The van der Waals surface area contributed by atoms with Gasteiger partial charge in [-0.15, -0.1) is 0 Å². The van der Waals surface area contributed by atoms with E-state index in [9.17, 15) is 8.42 Å². The summed E-state index contributed by atoms with van der Waals surface area (Å²) in [5, 5.41) is 7.60. The van der Waals surface area contributed by atoms with Crippen LogP contribution >= 0.6 is 11.3 Å². The van der Waals surface area contributed by atoms with Crippen LogP contribution in [0.1, 0.15) is 31.9 Å². The molecule has 1 unspecified atom stereocenters. The Kier molecular flexibility index (Phi) is 6.28. The fraction of sp³-hybridized carbons (Fsp3) is 0.667. The average molecular weight is 290 g/mol. The monoisotopic (exact) mass is 290 g/mol. The minimum Gasteiger partial charge on any atom is -0.310 e. The zero-order chi connectivity index (χ0) is 13.6. The largest absolute Gasteiger partial charge is 0.310 e. The van der Waals surface area contributed by atoms with Crippen LogP contribution in [0.25, 0.3) is 0 Å². The van der Waals surface area contributed by atoms with Gasteiger partial charge in [0.15, 0.2) is 0 Å². The van der Waals surface area contributed by atoms with Gasteiger partial charge in [0.1, 0.15) is 0 Å². The van der Waals surface area contributed by atoms with Crippen LogP contribution in [-0.4, -0.2) is 38.6 Å². The molecule has 0 bridgehead atoms. The van der Waals surface area contributed by atoms with Crippen molar-refractivity contribution in [2.24, 2.45) is 0 Å². The Balaban J connectivity index is 2.26. The van der Waals surface area contributed by atoms with E-state index in [0.29, 0.717) is 19.1 Å². The average Bonchev–Trinajstić information content (AvgIpc) is 2.80. The van der Waals surface area contributed by atoms with Crippen molar-refractivity contribution < 1.29 is 8.42 Å². The molecule has 0 radical (unpaired) electrons. The molecule has 0 amide bonds. The van der Waals surface area contributed by atoms with Crippen LogP contribution in [0.3, 0.4) is 0 Å². The number of nitrogens with one attached hydrogen (secondary N) is 1. The second-order valence-corrected chi connectivity index (χ2v) is 7.10. The topological polar surface area (TPSA) is 49.4 Å². The lowest BCUT2D eigenvalue weighted by Gasteiger charge is -2.18. The quantitative estimate of drug-likeness (QED) is 0.746. The van der Waals surface area contributed by atoms with E-state index in [1.165, 1.54) is 16.1 Å². The van der Waals surface area contributed by atoms with Crippen molar-refractivity contribution in [2.75, 3.05) is 25.9 Å². The summed E-state index contributed by atoms with van der Waals surface area (Å²) in [6, 6.07) is 2.43. The Morgan fingerprint density at radius 2 is 2.22 bits per heavy atom. The number of thiophene rings is 1. The minimum atomic E-state index is -3.05. The highest BCUT2D eigenvalue weighted by Gasteiger charge is 2.13. The van der Waals surface area contributed by atoms with Gasteiger partial charge in [0.2, 0.25) is 10.0 Å². The SMILES string of the molecule is CCN(CCCNC(C)c1ccsc1)S(C)(=O)=O. The van der Waals surface area contributed by atoms with Crippen LogP contribution < -0.4 is 5.32 Å². The lowest BCUT2D eigenvalue weighted by Crippen LogP contribution is -2.32. The molecule has 1 rings (SSSR count). The molecular formula is C12H22N2O2S2. The summed E-state index contributed by atoms with van der Waals surface area (Å²) >= 11 is 1.69. The highest BCUT2D eigenvalue weighted by molar-refractivity contribution is 7.88. The molecule has 1 aromatic heterocycles. The summed E-state index contributed by atoms with van der Waals surface area (Å²) < 4.78 is 24.3. The molecule has 0 aliphatic carbocycles. The highest BCUT2D eigenvalue weighted by atomic mass is 32.2. The Morgan fingerprint density at radius 1 is 1.50 bits per heavy atom. The van der Waals surface area contributed by atoms with E-state index < -0.39 is 10.0 Å². The van der Waals surface area contributed by atoms with E-state index >= 15 is 0 Å². The second kappa shape index (κ2) is 7.23. The number of hydrogen-bond acceptors (Lipinski definition) is 4. The van der Waals surface area contributed by atoms with E-state index in [-0.39, 0.29) is 0 Å². The van der Waals surface area contributed by atoms with Gasteiger partial charge in [0.05, 0.1) is 6.26 Å². The maximum Gasteiger partial charge on any atom is 0.211 e. The van der Waals surface area contributed by atoms with Crippen LogP contribution in [0.4, 0.5) is 0 Å². The van der Waals surface area contributed by atoms with Crippen molar-refractivity contribution in [3.8, 4) is 0 Å². The number of sulfonamides is 1. The summed E-state index contributed by atoms with van der Waals surface area (Å²) in [4.78, 5) is 0. The van der Waals surface area contributed by atoms with E-state index in [2.05, 4.69) is 29.1 Å². The van der Waals surface area contributed by atoms with E-state index in [4.69, 9.17) is 0 Å². The molecule has 1 heterocycles. The van der Waals surface area contributed by atoms with Crippen LogP contribution in [0.5, 0.6) is 0 Å². The lowest BCUT2D eigenvalue weighted by atomic mass is 10.2. The van der Waals surface area contributed by atoms with Gasteiger partial charge in [-0.05, 0) is 42.3 Å². The third-order valence-electron chi connectivity index (χ3n) is 2.90. The standard InChI is InChI=1S/C12H22N2O2S2/c1-4-14(18(3,15)16)8-5-7-13-11(2)12-6-9-17-10-12/h6,9-11,13H,4-5,7-8H2,1-3H3. The summed E-state index contributed by atoms with van der Waals surface area (Å²) in [5.41, 5.74) is 1.29. The minimum absolute atomic E-state index is 0.324. The van der Waals surface area contributed by atoms with Gasteiger partial charge in [-0.25, -0.2) is 12.7 Å². The number of rotatable bonds is 8. The first-order valence-electron chi connectivity index (χ1n) is 6.15. The normalized spacial score (nSPS) is 14.0. The molecule has 0 saturated carbocycles. The zero-order valence-corrected chi connectivity index (χ0v) is 12.9. The Morgan fingerprint density at radius 3 is 2.72 bits per heavy atom. The van der Waals surface area contributed by atoms with Gasteiger partial charge in [-0.1, -0.05) is 6.92 Å². The van der Waals surface area contributed by atoms with Gasteiger partial charge >= 0.3 is 0 Å². The highest BCUT2D eigenvalue weighted by Crippen LogP contribution is 2.15. The van der Waals surface area contributed by atoms with Crippen LogP contribution in [0, 0.1) is 0 Å². The molecule has 4 nitrogen and oxygen atoms in total. The van der Waals surface area contributed by atoms with Gasteiger partial charge in [0.25, 0.3) is 0 Å². The molecule has 1 aromatic rings. The molecule has 1 N–H and O–H groups in total. The van der Waals surface area contributed by atoms with E-state index in [0.717, 1.165) is 13.0 Å². The van der Waals surface area contributed by atoms with Crippen molar-refractivity contribution in [1.29, 1.82) is 0 Å². The first-order valence-corrected chi connectivity index (χ1v) is 8.95. The summed E-state index contributed by atoms with van der Waals surface area (Å²) in [6.07, 6.45) is 2.09. The summed E-state index contributed by atoms with van der Waals surface area (Å²) in [7, 11) is -3.05. The van der Waals surface area contributed by atoms with Crippen molar-refractivity contribution >= 4 is 21.4 Å². The van der Waals surface area contributed by atoms with Gasteiger partial charge in [-0.2, -0.15) is 11.3 Å². The molecule has 1 atom stereocenters. The summed E-state index contributed by atoms with van der Waals surface area (Å²) in [6.45, 7) is 5.93. The zero-order valence-electron chi connectivity index (χ0n) is 11.2. The van der Waals surface area contributed by atoms with Crippen LogP contribution in [-0.2, 0) is 10.0 Å². The molecule has 0 fully saturated rings. The number of hydrogen-bond donors (Lipinski definition) is 1.